The smallest absolute Gasteiger partial charge is 0.310 e. The highest BCUT2D eigenvalue weighted by atomic mass is 35.5. The number of nitrogens with zero attached hydrogens (tertiary/aromatic N) is 2. The number of nitro groups is 1. The summed E-state index contributed by atoms with van der Waals surface area (Å²) in [7, 11) is 0. The fraction of sp³-hybridized carbons (Fsp3) is 0.500. The molecule has 94 valence electrons. The van der Waals surface area contributed by atoms with E-state index < -0.39 is 4.92 Å². The van der Waals surface area contributed by atoms with E-state index in [-0.39, 0.29) is 10.7 Å². The maximum Gasteiger partial charge on any atom is 0.310 e. The molecule has 0 fully saturated rings. The topological polar surface area (TPSA) is 46.4 Å². The van der Waals surface area contributed by atoms with Gasteiger partial charge in [0.15, 0.2) is 0 Å². The molecule has 0 radical (unpaired) electrons. The number of hydrogen-bond acceptors (Lipinski definition) is 3. The predicted octanol–water partition coefficient (Wildman–Crippen LogP) is 3.87. The molecule has 1 rings (SSSR count). The van der Waals surface area contributed by atoms with E-state index in [0.717, 1.165) is 25.9 Å². The van der Waals surface area contributed by atoms with Crippen molar-refractivity contribution in [2.24, 2.45) is 0 Å². The molecule has 0 saturated heterocycles. The second kappa shape index (κ2) is 6.45. The second-order valence-electron chi connectivity index (χ2n) is 3.80. The molecule has 0 N–H and O–H groups in total. The van der Waals surface area contributed by atoms with E-state index in [9.17, 15) is 10.1 Å². The molecule has 0 atom stereocenters. The van der Waals surface area contributed by atoms with Crippen molar-refractivity contribution in [2.75, 3.05) is 18.0 Å². The normalized spacial score (nSPS) is 10.3. The van der Waals surface area contributed by atoms with Crippen molar-refractivity contribution in [1.29, 1.82) is 0 Å². The van der Waals surface area contributed by atoms with Gasteiger partial charge in [-0.1, -0.05) is 31.0 Å². The van der Waals surface area contributed by atoms with Gasteiger partial charge in [-0.3, -0.25) is 10.1 Å². The van der Waals surface area contributed by atoms with Crippen LogP contribution in [0.5, 0.6) is 0 Å². The molecule has 0 saturated carbocycles. The summed E-state index contributed by atoms with van der Waals surface area (Å²) >= 11 is 5.89. The zero-order valence-electron chi connectivity index (χ0n) is 10.1. The number of rotatable bonds is 6. The van der Waals surface area contributed by atoms with Crippen LogP contribution in [0.15, 0.2) is 18.2 Å². The van der Waals surface area contributed by atoms with Gasteiger partial charge in [0.2, 0.25) is 0 Å². The Morgan fingerprint density at radius 3 is 2.65 bits per heavy atom. The molecule has 0 heterocycles. The summed E-state index contributed by atoms with van der Waals surface area (Å²) in [5.74, 6) is 0. The van der Waals surface area contributed by atoms with Crippen LogP contribution < -0.4 is 4.90 Å². The Morgan fingerprint density at radius 1 is 1.41 bits per heavy atom. The van der Waals surface area contributed by atoms with Gasteiger partial charge in [-0.05, 0) is 25.5 Å². The monoisotopic (exact) mass is 256 g/mol. The van der Waals surface area contributed by atoms with Crippen LogP contribution in [0.1, 0.15) is 26.7 Å². The lowest BCUT2D eigenvalue weighted by atomic mass is 10.2. The van der Waals surface area contributed by atoms with Crippen LogP contribution in [-0.4, -0.2) is 18.0 Å². The third-order valence-electron chi connectivity index (χ3n) is 2.65. The van der Waals surface area contributed by atoms with E-state index in [1.54, 1.807) is 18.2 Å². The van der Waals surface area contributed by atoms with Gasteiger partial charge in [0.25, 0.3) is 0 Å². The van der Waals surface area contributed by atoms with E-state index in [1.165, 1.54) is 0 Å². The quantitative estimate of drug-likeness (QED) is 0.573. The molecule has 0 aromatic heterocycles. The largest absolute Gasteiger partial charge is 0.366 e. The van der Waals surface area contributed by atoms with Crippen molar-refractivity contribution in [3.63, 3.8) is 0 Å². The van der Waals surface area contributed by atoms with Gasteiger partial charge in [-0.15, -0.1) is 0 Å². The van der Waals surface area contributed by atoms with Gasteiger partial charge < -0.3 is 4.90 Å². The minimum Gasteiger partial charge on any atom is -0.366 e. The molecule has 4 nitrogen and oxygen atoms in total. The average molecular weight is 257 g/mol. The lowest BCUT2D eigenvalue weighted by Crippen LogP contribution is -2.24. The van der Waals surface area contributed by atoms with Crippen LogP contribution >= 0.6 is 11.6 Å². The Morgan fingerprint density at radius 2 is 2.12 bits per heavy atom. The number of unbranched alkanes of at least 4 members (excludes halogenated alkanes) is 1. The Kier molecular flexibility index (Phi) is 5.22. The number of para-hydroxylation sites is 1. The maximum absolute atomic E-state index is 11.0. The third-order valence-corrected chi connectivity index (χ3v) is 2.96. The van der Waals surface area contributed by atoms with Crippen molar-refractivity contribution in [3.05, 3.63) is 33.3 Å². The molecular formula is C12H17ClN2O2. The zero-order valence-corrected chi connectivity index (χ0v) is 10.9. The Labute approximate surface area is 106 Å². The van der Waals surface area contributed by atoms with Crippen LogP contribution in [-0.2, 0) is 0 Å². The van der Waals surface area contributed by atoms with Crippen LogP contribution in [0.3, 0.4) is 0 Å². The Bertz CT molecular complexity index is 396. The second-order valence-corrected chi connectivity index (χ2v) is 4.21. The lowest BCUT2D eigenvalue weighted by molar-refractivity contribution is -0.384. The summed E-state index contributed by atoms with van der Waals surface area (Å²) in [5, 5.41) is 11.2. The Hall–Kier alpha value is -1.29. The molecule has 0 amide bonds. The summed E-state index contributed by atoms with van der Waals surface area (Å²) in [6, 6.07) is 5.05. The molecule has 0 unspecified atom stereocenters. The molecular weight excluding hydrogens is 240 g/mol. The van der Waals surface area contributed by atoms with Gasteiger partial charge in [0.1, 0.15) is 10.7 Å². The molecule has 1 aromatic carbocycles. The number of halogens is 1. The molecule has 0 aliphatic heterocycles. The van der Waals surface area contributed by atoms with E-state index in [1.807, 2.05) is 11.8 Å². The molecule has 0 spiro atoms. The minimum absolute atomic E-state index is 0.00659. The highest BCUT2D eigenvalue weighted by molar-refractivity contribution is 6.33. The zero-order chi connectivity index (χ0) is 12.8. The van der Waals surface area contributed by atoms with Gasteiger partial charge in [-0.25, -0.2) is 0 Å². The molecule has 0 aliphatic rings. The number of benzene rings is 1. The fourth-order valence-electron chi connectivity index (χ4n) is 1.74. The van der Waals surface area contributed by atoms with Crippen LogP contribution in [0.25, 0.3) is 0 Å². The molecule has 1 aromatic rings. The maximum atomic E-state index is 11.0. The van der Waals surface area contributed by atoms with Gasteiger partial charge in [0, 0.05) is 13.1 Å². The molecule has 5 heteroatoms. The van der Waals surface area contributed by atoms with Gasteiger partial charge >= 0.3 is 5.69 Å². The lowest BCUT2D eigenvalue weighted by Gasteiger charge is -2.22. The number of hydrogen-bond donors (Lipinski definition) is 0. The summed E-state index contributed by atoms with van der Waals surface area (Å²) in [5.41, 5.74) is 0.616. The standard InChI is InChI=1S/C12H17ClN2O2/c1-3-5-9-14(4-2)11-8-6-7-10(13)12(11)15(16)17/h6-8H,3-5,9H2,1-2H3. The Balaban J connectivity index is 3.09. The van der Waals surface area contributed by atoms with Crippen LogP contribution in [0.2, 0.25) is 5.02 Å². The minimum atomic E-state index is -0.410. The van der Waals surface area contributed by atoms with Crippen molar-refractivity contribution in [3.8, 4) is 0 Å². The average Bonchev–Trinajstić information content (AvgIpc) is 2.29. The first-order chi connectivity index (χ1) is 8.11. The SMILES string of the molecule is CCCCN(CC)c1cccc(Cl)c1[N+](=O)[O-]. The number of anilines is 1. The summed E-state index contributed by atoms with van der Waals surface area (Å²) in [6.07, 6.45) is 2.07. The van der Waals surface area contributed by atoms with Crippen LogP contribution in [0, 0.1) is 10.1 Å². The molecule has 0 bridgehead atoms. The van der Waals surface area contributed by atoms with Crippen molar-refractivity contribution >= 4 is 23.0 Å². The van der Waals surface area contributed by atoms with E-state index >= 15 is 0 Å². The molecule has 0 aliphatic carbocycles. The van der Waals surface area contributed by atoms with Gasteiger partial charge in [-0.2, -0.15) is 0 Å². The fourth-order valence-corrected chi connectivity index (χ4v) is 1.98. The van der Waals surface area contributed by atoms with Gasteiger partial charge in [0.05, 0.1) is 4.92 Å². The highest BCUT2D eigenvalue weighted by Gasteiger charge is 2.21. The van der Waals surface area contributed by atoms with E-state index in [0.29, 0.717) is 5.69 Å². The predicted molar refractivity (Wildman–Crippen MR) is 70.9 cm³/mol. The van der Waals surface area contributed by atoms with Crippen molar-refractivity contribution < 1.29 is 4.92 Å². The molecule has 17 heavy (non-hydrogen) atoms. The van der Waals surface area contributed by atoms with E-state index in [2.05, 4.69) is 6.92 Å². The van der Waals surface area contributed by atoms with E-state index in [4.69, 9.17) is 11.6 Å². The van der Waals surface area contributed by atoms with Crippen LogP contribution in [0.4, 0.5) is 11.4 Å². The highest BCUT2D eigenvalue weighted by Crippen LogP contribution is 2.34. The summed E-state index contributed by atoms with van der Waals surface area (Å²) in [4.78, 5) is 12.6. The first-order valence-corrected chi connectivity index (χ1v) is 6.17. The third kappa shape index (κ3) is 3.33. The first-order valence-electron chi connectivity index (χ1n) is 5.79. The summed E-state index contributed by atoms with van der Waals surface area (Å²) < 4.78 is 0. The van der Waals surface area contributed by atoms with Crippen molar-refractivity contribution in [1.82, 2.24) is 0 Å². The summed E-state index contributed by atoms with van der Waals surface area (Å²) in [6.45, 7) is 5.63. The van der Waals surface area contributed by atoms with Crippen molar-refractivity contribution in [2.45, 2.75) is 26.7 Å². The first kappa shape index (κ1) is 13.8. The number of nitro benzene ring substituents is 1.